The first kappa shape index (κ1) is 14.4. The summed E-state index contributed by atoms with van der Waals surface area (Å²) in [5.74, 6) is 2.88. The molecule has 4 heteroatoms. The van der Waals surface area contributed by atoms with Crippen molar-refractivity contribution < 1.29 is 4.42 Å². The molecule has 0 saturated heterocycles. The molecule has 1 atom stereocenters. The summed E-state index contributed by atoms with van der Waals surface area (Å²) in [6.07, 6.45) is 12.1. The highest BCUT2D eigenvalue weighted by Gasteiger charge is 2.27. The van der Waals surface area contributed by atoms with E-state index in [1.807, 2.05) is 31.6 Å². The third-order valence-corrected chi connectivity index (χ3v) is 4.77. The highest BCUT2D eigenvalue weighted by molar-refractivity contribution is 5.16. The van der Waals surface area contributed by atoms with Crippen LogP contribution in [0.2, 0.25) is 0 Å². The molecule has 0 bridgehead atoms. The molecular weight excluding hydrogens is 262 g/mol. The van der Waals surface area contributed by atoms with Gasteiger partial charge < -0.3 is 8.98 Å². The zero-order valence-electron chi connectivity index (χ0n) is 13.0. The van der Waals surface area contributed by atoms with Crippen LogP contribution in [-0.4, -0.2) is 15.6 Å². The van der Waals surface area contributed by atoms with E-state index in [0.717, 1.165) is 17.5 Å². The highest BCUT2D eigenvalue weighted by Crippen LogP contribution is 2.29. The maximum atomic E-state index is 5.64. The van der Waals surface area contributed by atoms with Crippen molar-refractivity contribution in [3.8, 4) is 0 Å². The zero-order valence-corrected chi connectivity index (χ0v) is 13.0. The molecule has 0 aromatic carbocycles. The molecule has 114 valence electrons. The Morgan fingerprint density at radius 2 is 2.19 bits per heavy atom. The second-order valence-corrected chi connectivity index (χ2v) is 6.14. The van der Waals surface area contributed by atoms with E-state index >= 15 is 0 Å². The van der Waals surface area contributed by atoms with E-state index in [9.17, 15) is 0 Å². The molecule has 0 amide bonds. The predicted octanol–water partition coefficient (Wildman–Crippen LogP) is 3.66. The van der Waals surface area contributed by atoms with Gasteiger partial charge in [-0.2, -0.15) is 0 Å². The Bertz CT molecular complexity index is 538. The normalized spacial score (nSPS) is 24.1. The van der Waals surface area contributed by atoms with E-state index in [4.69, 9.17) is 4.42 Å². The average Bonchev–Trinajstić information content (AvgIpc) is 3.17. The Balaban J connectivity index is 1.74. The number of nitrogens with one attached hydrogen (secondary N) is 1. The largest absolute Gasteiger partial charge is 0.467 e. The SMILES string of the molecule is CCC1CCC(NC(c2ccco2)c2nccn2C)CC1. The van der Waals surface area contributed by atoms with Crippen LogP contribution in [0.1, 0.15) is 56.7 Å². The first-order valence-corrected chi connectivity index (χ1v) is 8.04. The standard InChI is InChI=1S/C17H25N3O/c1-3-13-6-8-14(9-7-13)19-16(15-5-4-12-21-15)17-18-10-11-20(17)2/h4-5,10-14,16,19H,3,6-9H2,1-2H3. The molecule has 0 aliphatic heterocycles. The van der Waals surface area contributed by atoms with Gasteiger partial charge in [-0.3, -0.25) is 5.32 Å². The second-order valence-electron chi connectivity index (χ2n) is 6.14. The molecule has 1 aliphatic rings. The lowest BCUT2D eigenvalue weighted by Crippen LogP contribution is -2.37. The van der Waals surface area contributed by atoms with Crippen molar-refractivity contribution in [2.24, 2.45) is 13.0 Å². The van der Waals surface area contributed by atoms with Crippen molar-refractivity contribution in [1.82, 2.24) is 14.9 Å². The Morgan fingerprint density at radius 1 is 1.38 bits per heavy atom. The predicted molar refractivity (Wildman–Crippen MR) is 82.9 cm³/mol. The monoisotopic (exact) mass is 287 g/mol. The molecule has 0 radical (unpaired) electrons. The molecule has 2 heterocycles. The van der Waals surface area contributed by atoms with Crippen LogP contribution in [0.25, 0.3) is 0 Å². The summed E-state index contributed by atoms with van der Waals surface area (Å²) in [6.45, 7) is 2.30. The van der Waals surface area contributed by atoms with Crippen molar-refractivity contribution in [2.45, 2.75) is 51.1 Å². The lowest BCUT2D eigenvalue weighted by molar-refractivity contribution is 0.266. The Labute approximate surface area is 126 Å². The fraction of sp³-hybridized carbons (Fsp3) is 0.588. The highest BCUT2D eigenvalue weighted by atomic mass is 16.3. The maximum absolute atomic E-state index is 5.64. The average molecular weight is 287 g/mol. The van der Waals surface area contributed by atoms with Crippen LogP contribution < -0.4 is 5.32 Å². The number of furan rings is 1. The van der Waals surface area contributed by atoms with Gasteiger partial charge in [-0.15, -0.1) is 0 Å². The summed E-state index contributed by atoms with van der Waals surface area (Å²) in [7, 11) is 2.04. The molecule has 2 aromatic heterocycles. The number of nitrogens with zero attached hydrogens (tertiary/aromatic N) is 2. The number of imidazole rings is 1. The van der Waals surface area contributed by atoms with Gasteiger partial charge in [0.1, 0.15) is 17.6 Å². The van der Waals surface area contributed by atoms with Gasteiger partial charge in [0.25, 0.3) is 0 Å². The third kappa shape index (κ3) is 3.21. The maximum Gasteiger partial charge on any atom is 0.133 e. The van der Waals surface area contributed by atoms with E-state index in [-0.39, 0.29) is 6.04 Å². The Morgan fingerprint density at radius 3 is 2.76 bits per heavy atom. The van der Waals surface area contributed by atoms with Crippen molar-refractivity contribution in [2.75, 3.05) is 0 Å². The summed E-state index contributed by atoms with van der Waals surface area (Å²) < 4.78 is 7.71. The molecule has 3 rings (SSSR count). The molecular formula is C17H25N3O. The van der Waals surface area contributed by atoms with E-state index in [1.165, 1.54) is 32.1 Å². The van der Waals surface area contributed by atoms with E-state index in [0.29, 0.717) is 6.04 Å². The summed E-state index contributed by atoms with van der Waals surface area (Å²) in [6, 6.07) is 4.58. The molecule has 21 heavy (non-hydrogen) atoms. The van der Waals surface area contributed by atoms with Gasteiger partial charge in [-0.25, -0.2) is 4.98 Å². The quantitative estimate of drug-likeness (QED) is 0.912. The van der Waals surface area contributed by atoms with Gasteiger partial charge in [0.15, 0.2) is 0 Å². The van der Waals surface area contributed by atoms with Crippen LogP contribution in [0.5, 0.6) is 0 Å². The second kappa shape index (κ2) is 6.48. The first-order valence-electron chi connectivity index (χ1n) is 8.04. The van der Waals surface area contributed by atoms with Gasteiger partial charge >= 0.3 is 0 Å². The van der Waals surface area contributed by atoms with Crippen LogP contribution in [0.3, 0.4) is 0 Å². The number of rotatable bonds is 5. The van der Waals surface area contributed by atoms with Crippen molar-refractivity contribution in [3.63, 3.8) is 0 Å². The molecule has 4 nitrogen and oxygen atoms in total. The summed E-state index contributed by atoms with van der Waals surface area (Å²) in [5.41, 5.74) is 0. The molecule has 0 spiro atoms. The minimum Gasteiger partial charge on any atom is -0.467 e. The molecule has 1 saturated carbocycles. The van der Waals surface area contributed by atoms with Crippen molar-refractivity contribution in [1.29, 1.82) is 0 Å². The number of hydrogen-bond donors (Lipinski definition) is 1. The smallest absolute Gasteiger partial charge is 0.133 e. The zero-order chi connectivity index (χ0) is 14.7. The van der Waals surface area contributed by atoms with Crippen LogP contribution in [0.15, 0.2) is 35.2 Å². The summed E-state index contributed by atoms with van der Waals surface area (Å²) in [4.78, 5) is 4.51. The van der Waals surface area contributed by atoms with E-state index in [1.54, 1.807) is 6.26 Å². The number of aryl methyl sites for hydroxylation is 1. The first-order chi connectivity index (χ1) is 10.3. The van der Waals surface area contributed by atoms with Crippen molar-refractivity contribution in [3.05, 3.63) is 42.4 Å². The van der Waals surface area contributed by atoms with Crippen LogP contribution in [0, 0.1) is 5.92 Å². The lowest BCUT2D eigenvalue weighted by atomic mass is 9.84. The van der Waals surface area contributed by atoms with Crippen LogP contribution in [-0.2, 0) is 7.05 Å². The van der Waals surface area contributed by atoms with Gasteiger partial charge in [0.2, 0.25) is 0 Å². The van der Waals surface area contributed by atoms with E-state index < -0.39 is 0 Å². The Kier molecular flexibility index (Phi) is 4.44. The molecule has 1 unspecified atom stereocenters. The van der Waals surface area contributed by atoms with Crippen molar-refractivity contribution >= 4 is 0 Å². The van der Waals surface area contributed by atoms with Crippen LogP contribution >= 0.6 is 0 Å². The molecule has 1 N–H and O–H groups in total. The minimum absolute atomic E-state index is 0.0446. The topological polar surface area (TPSA) is 43.0 Å². The van der Waals surface area contributed by atoms with Gasteiger partial charge in [-0.1, -0.05) is 13.3 Å². The number of hydrogen-bond acceptors (Lipinski definition) is 3. The fourth-order valence-electron chi connectivity index (χ4n) is 3.37. The molecule has 1 aliphatic carbocycles. The Hall–Kier alpha value is -1.55. The third-order valence-electron chi connectivity index (χ3n) is 4.77. The van der Waals surface area contributed by atoms with E-state index in [2.05, 4.69) is 21.8 Å². The molecule has 2 aromatic rings. The van der Waals surface area contributed by atoms with Gasteiger partial charge in [-0.05, 0) is 43.7 Å². The fourth-order valence-corrected chi connectivity index (χ4v) is 3.37. The van der Waals surface area contributed by atoms with Crippen LogP contribution in [0.4, 0.5) is 0 Å². The summed E-state index contributed by atoms with van der Waals surface area (Å²) >= 11 is 0. The van der Waals surface area contributed by atoms with Gasteiger partial charge in [0, 0.05) is 25.5 Å². The summed E-state index contributed by atoms with van der Waals surface area (Å²) in [5, 5.41) is 3.77. The van der Waals surface area contributed by atoms with Gasteiger partial charge in [0.05, 0.1) is 6.26 Å². The number of aromatic nitrogens is 2. The lowest BCUT2D eigenvalue weighted by Gasteiger charge is -2.31. The minimum atomic E-state index is 0.0446. The molecule has 1 fully saturated rings.